The van der Waals surface area contributed by atoms with Gasteiger partial charge in [0.05, 0.1) is 6.10 Å². The molecule has 0 bridgehead atoms. The van der Waals surface area contributed by atoms with Crippen molar-refractivity contribution in [2.24, 2.45) is 0 Å². The molecule has 1 fully saturated rings. The third kappa shape index (κ3) is 3.48. The molecule has 6 nitrogen and oxygen atoms in total. The SMILES string of the molecule is COC1CCC(NOC(=O)c2ccncn2)CC1. The lowest BCUT2D eigenvalue weighted by atomic mass is 9.94. The minimum atomic E-state index is -0.480. The second-order valence-corrected chi connectivity index (χ2v) is 4.31. The first kappa shape index (κ1) is 12.9. The van der Waals surface area contributed by atoms with Crippen molar-refractivity contribution in [3.8, 4) is 0 Å². The Hall–Kier alpha value is -1.53. The van der Waals surface area contributed by atoms with E-state index in [1.165, 1.54) is 18.6 Å². The van der Waals surface area contributed by atoms with Crippen LogP contribution >= 0.6 is 0 Å². The highest BCUT2D eigenvalue weighted by molar-refractivity contribution is 5.86. The molecule has 1 N–H and O–H groups in total. The van der Waals surface area contributed by atoms with E-state index < -0.39 is 5.97 Å². The number of nitrogens with one attached hydrogen (secondary N) is 1. The molecule has 98 valence electrons. The van der Waals surface area contributed by atoms with Gasteiger partial charge in [-0.15, -0.1) is 5.48 Å². The Morgan fingerprint density at radius 3 is 2.78 bits per heavy atom. The van der Waals surface area contributed by atoms with Crippen molar-refractivity contribution < 1.29 is 14.4 Å². The molecule has 1 heterocycles. The fraction of sp³-hybridized carbons (Fsp3) is 0.583. The molecular weight excluding hydrogens is 234 g/mol. The molecule has 0 saturated heterocycles. The van der Waals surface area contributed by atoms with Gasteiger partial charge >= 0.3 is 5.97 Å². The van der Waals surface area contributed by atoms with Gasteiger partial charge in [-0.1, -0.05) is 0 Å². The average molecular weight is 251 g/mol. The maximum Gasteiger partial charge on any atom is 0.375 e. The molecular formula is C12H17N3O3. The highest BCUT2D eigenvalue weighted by atomic mass is 16.7. The largest absolute Gasteiger partial charge is 0.381 e. The molecule has 0 aliphatic heterocycles. The summed E-state index contributed by atoms with van der Waals surface area (Å²) < 4.78 is 5.28. The van der Waals surface area contributed by atoms with Crippen LogP contribution in [0.2, 0.25) is 0 Å². The topological polar surface area (TPSA) is 73.3 Å². The predicted molar refractivity (Wildman–Crippen MR) is 63.6 cm³/mol. The summed E-state index contributed by atoms with van der Waals surface area (Å²) >= 11 is 0. The van der Waals surface area contributed by atoms with E-state index in [1.807, 2.05) is 0 Å². The highest BCUT2D eigenvalue weighted by Gasteiger charge is 2.22. The average Bonchev–Trinajstić information content (AvgIpc) is 2.46. The van der Waals surface area contributed by atoms with Crippen molar-refractivity contribution >= 4 is 5.97 Å². The normalized spacial score (nSPS) is 23.6. The van der Waals surface area contributed by atoms with Crippen LogP contribution in [0.15, 0.2) is 18.6 Å². The first-order valence-corrected chi connectivity index (χ1v) is 6.05. The first-order valence-electron chi connectivity index (χ1n) is 6.05. The summed E-state index contributed by atoms with van der Waals surface area (Å²) in [6.45, 7) is 0. The van der Waals surface area contributed by atoms with E-state index in [1.54, 1.807) is 7.11 Å². The monoisotopic (exact) mass is 251 g/mol. The molecule has 0 atom stereocenters. The van der Waals surface area contributed by atoms with Crippen molar-refractivity contribution in [2.45, 2.75) is 37.8 Å². The maximum atomic E-state index is 11.6. The summed E-state index contributed by atoms with van der Waals surface area (Å²) in [4.78, 5) is 24.2. The quantitative estimate of drug-likeness (QED) is 0.808. The number of hydroxylamine groups is 1. The van der Waals surface area contributed by atoms with Crippen LogP contribution in [0, 0.1) is 0 Å². The summed E-state index contributed by atoms with van der Waals surface area (Å²) in [6, 6.07) is 1.72. The molecule has 1 aromatic rings. The van der Waals surface area contributed by atoms with Crippen molar-refractivity contribution in [2.75, 3.05) is 7.11 Å². The molecule has 1 saturated carbocycles. The van der Waals surface area contributed by atoms with E-state index in [4.69, 9.17) is 9.57 Å². The Morgan fingerprint density at radius 1 is 1.39 bits per heavy atom. The van der Waals surface area contributed by atoms with Crippen LogP contribution in [-0.2, 0) is 9.57 Å². The van der Waals surface area contributed by atoms with Crippen molar-refractivity contribution in [3.63, 3.8) is 0 Å². The number of aromatic nitrogens is 2. The second-order valence-electron chi connectivity index (χ2n) is 4.31. The minimum Gasteiger partial charge on any atom is -0.381 e. The Labute approximate surface area is 106 Å². The minimum absolute atomic E-state index is 0.196. The van der Waals surface area contributed by atoms with Crippen molar-refractivity contribution in [1.82, 2.24) is 15.4 Å². The molecule has 18 heavy (non-hydrogen) atoms. The van der Waals surface area contributed by atoms with Gasteiger partial charge in [-0.05, 0) is 31.7 Å². The molecule has 0 radical (unpaired) electrons. The van der Waals surface area contributed by atoms with E-state index in [2.05, 4.69) is 15.4 Å². The van der Waals surface area contributed by atoms with Gasteiger partial charge in [-0.2, -0.15) is 0 Å². The van der Waals surface area contributed by atoms with Gasteiger partial charge in [0.1, 0.15) is 6.33 Å². The number of hydrogen-bond acceptors (Lipinski definition) is 6. The molecule has 0 unspecified atom stereocenters. The Bertz CT molecular complexity index is 377. The van der Waals surface area contributed by atoms with E-state index in [9.17, 15) is 4.79 Å². The molecule has 0 spiro atoms. The number of rotatable bonds is 4. The van der Waals surface area contributed by atoms with E-state index in [-0.39, 0.29) is 11.7 Å². The van der Waals surface area contributed by atoms with Crippen LogP contribution in [-0.4, -0.2) is 35.2 Å². The molecule has 1 aromatic heterocycles. The molecule has 0 amide bonds. The van der Waals surface area contributed by atoms with Crippen LogP contribution in [0.1, 0.15) is 36.2 Å². The highest BCUT2D eigenvalue weighted by Crippen LogP contribution is 2.20. The second kappa shape index (κ2) is 6.42. The Balaban J connectivity index is 1.74. The van der Waals surface area contributed by atoms with Crippen molar-refractivity contribution in [1.29, 1.82) is 0 Å². The fourth-order valence-electron chi connectivity index (χ4n) is 2.02. The van der Waals surface area contributed by atoms with E-state index in [0.717, 1.165) is 25.7 Å². The van der Waals surface area contributed by atoms with Crippen LogP contribution < -0.4 is 5.48 Å². The van der Waals surface area contributed by atoms with Gasteiger partial charge in [-0.25, -0.2) is 14.8 Å². The summed E-state index contributed by atoms with van der Waals surface area (Å²) in [7, 11) is 1.73. The zero-order valence-electron chi connectivity index (χ0n) is 10.3. The lowest BCUT2D eigenvalue weighted by Gasteiger charge is -2.27. The van der Waals surface area contributed by atoms with Gasteiger partial charge in [0, 0.05) is 19.3 Å². The molecule has 1 aliphatic carbocycles. The van der Waals surface area contributed by atoms with Crippen LogP contribution in [0.3, 0.4) is 0 Å². The van der Waals surface area contributed by atoms with E-state index >= 15 is 0 Å². The third-order valence-electron chi connectivity index (χ3n) is 3.12. The van der Waals surface area contributed by atoms with E-state index in [0.29, 0.717) is 6.10 Å². The fourth-order valence-corrected chi connectivity index (χ4v) is 2.02. The van der Waals surface area contributed by atoms with Crippen LogP contribution in [0.5, 0.6) is 0 Å². The Kier molecular flexibility index (Phi) is 4.60. The smallest absolute Gasteiger partial charge is 0.375 e. The van der Waals surface area contributed by atoms with Gasteiger partial charge in [-0.3, -0.25) is 0 Å². The third-order valence-corrected chi connectivity index (χ3v) is 3.12. The number of carbonyl (C=O) groups excluding carboxylic acids is 1. The molecule has 2 rings (SSSR count). The van der Waals surface area contributed by atoms with Crippen molar-refractivity contribution in [3.05, 3.63) is 24.3 Å². The van der Waals surface area contributed by atoms with Gasteiger partial charge in [0.2, 0.25) is 0 Å². The van der Waals surface area contributed by atoms with Crippen LogP contribution in [0.4, 0.5) is 0 Å². The standard InChI is InChI=1S/C12H17N3O3/c1-17-10-4-2-9(3-5-10)15-18-12(16)11-6-7-13-8-14-11/h6-10,15H,2-5H2,1H3. The van der Waals surface area contributed by atoms with Gasteiger partial charge in [0.25, 0.3) is 0 Å². The first-order chi connectivity index (χ1) is 8.79. The summed E-state index contributed by atoms with van der Waals surface area (Å²) in [5.41, 5.74) is 3.05. The number of hydrogen-bond donors (Lipinski definition) is 1. The van der Waals surface area contributed by atoms with Gasteiger partial charge in [0.15, 0.2) is 5.69 Å². The number of ether oxygens (including phenoxy) is 1. The number of nitrogens with zero attached hydrogens (tertiary/aromatic N) is 2. The van der Waals surface area contributed by atoms with Crippen LogP contribution in [0.25, 0.3) is 0 Å². The Morgan fingerprint density at radius 2 is 2.17 bits per heavy atom. The lowest BCUT2D eigenvalue weighted by molar-refractivity contribution is -0.00154. The molecule has 1 aliphatic rings. The van der Waals surface area contributed by atoms with Gasteiger partial charge < -0.3 is 9.57 Å². The molecule has 0 aromatic carbocycles. The molecule has 6 heteroatoms. The predicted octanol–water partition coefficient (Wildman–Crippen LogP) is 1.10. The zero-order valence-corrected chi connectivity index (χ0v) is 10.3. The lowest BCUT2D eigenvalue weighted by Crippen LogP contribution is -2.36. The maximum absolute atomic E-state index is 11.6. The zero-order chi connectivity index (χ0) is 12.8. The summed E-state index contributed by atoms with van der Waals surface area (Å²) in [6.07, 6.45) is 7.01. The summed E-state index contributed by atoms with van der Waals surface area (Å²) in [5.74, 6) is -0.480. The number of methoxy groups -OCH3 is 1. The summed E-state index contributed by atoms with van der Waals surface area (Å²) in [5, 5.41) is 0. The number of carbonyl (C=O) groups is 1.